The van der Waals surface area contributed by atoms with Crippen molar-refractivity contribution in [2.75, 3.05) is 0 Å². The van der Waals surface area contributed by atoms with E-state index < -0.39 is 4.92 Å². The Hall–Kier alpha value is -2.49. The highest BCUT2D eigenvalue weighted by Crippen LogP contribution is 2.19. The van der Waals surface area contributed by atoms with Crippen LogP contribution in [0.5, 0.6) is 0 Å². The zero-order valence-corrected chi connectivity index (χ0v) is 10.5. The van der Waals surface area contributed by atoms with E-state index in [-0.39, 0.29) is 17.9 Å². The second-order valence-corrected chi connectivity index (χ2v) is 4.34. The number of nitrogens with zero attached hydrogens (tertiary/aromatic N) is 1. The molecule has 0 atom stereocenters. The lowest BCUT2D eigenvalue weighted by Gasteiger charge is -2.05. The molecule has 0 heterocycles. The number of benzene rings is 2. The van der Waals surface area contributed by atoms with Crippen molar-refractivity contribution in [2.45, 2.75) is 13.3 Å². The SMILES string of the molecule is Cc1ccc([N+](=O)[O-])cc1C(=O)Cc1ccccc1. The van der Waals surface area contributed by atoms with Gasteiger partial charge in [0, 0.05) is 24.1 Å². The fourth-order valence-electron chi connectivity index (χ4n) is 1.90. The third-order valence-electron chi connectivity index (χ3n) is 2.94. The van der Waals surface area contributed by atoms with Crippen LogP contribution < -0.4 is 0 Å². The Bertz CT molecular complexity index is 621. The van der Waals surface area contributed by atoms with Gasteiger partial charge in [-0.2, -0.15) is 0 Å². The van der Waals surface area contributed by atoms with Crippen molar-refractivity contribution in [3.8, 4) is 0 Å². The first-order valence-corrected chi connectivity index (χ1v) is 5.90. The highest BCUT2D eigenvalue weighted by Gasteiger charge is 2.14. The van der Waals surface area contributed by atoms with Gasteiger partial charge in [-0.05, 0) is 18.1 Å². The van der Waals surface area contributed by atoms with Crippen LogP contribution in [0.3, 0.4) is 0 Å². The van der Waals surface area contributed by atoms with E-state index in [0.717, 1.165) is 11.1 Å². The number of carbonyl (C=O) groups excluding carboxylic acids is 1. The van der Waals surface area contributed by atoms with Crippen molar-refractivity contribution < 1.29 is 9.72 Å². The Morgan fingerprint density at radius 2 is 1.84 bits per heavy atom. The molecule has 0 saturated heterocycles. The van der Waals surface area contributed by atoms with E-state index in [1.807, 2.05) is 30.3 Å². The molecule has 0 aliphatic heterocycles. The van der Waals surface area contributed by atoms with Gasteiger partial charge in [0.2, 0.25) is 0 Å². The fourth-order valence-corrected chi connectivity index (χ4v) is 1.90. The average Bonchev–Trinajstić information content (AvgIpc) is 2.40. The van der Waals surface area contributed by atoms with Gasteiger partial charge in [-0.3, -0.25) is 14.9 Å². The van der Waals surface area contributed by atoms with Gasteiger partial charge in [0.15, 0.2) is 5.78 Å². The molecule has 0 spiro atoms. The predicted octanol–water partition coefficient (Wildman–Crippen LogP) is 3.33. The van der Waals surface area contributed by atoms with Gasteiger partial charge >= 0.3 is 0 Å². The van der Waals surface area contributed by atoms with Crippen LogP contribution in [-0.4, -0.2) is 10.7 Å². The summed E-state index contributed by atoms with van der Waals surface area (Å²) in [6, 6.07) is 13.7. The highest BCUT2D eigenvalue weighted by molar-refractivity contribution is 5.99. The highest BCUT2D eigenvalue weighted by atomic mass is 16.6. The molecule has 19 heavy (non-hydrogen) atoms. The van der Waals surface area contributed by atoms with Gasteiger partial charge in [-0.1, -0.05) is 36.4 Å². The smallest absolute Gasteiger partial charge is 0.270 e. The summed E-state index contributed by atoms with van der Waals surface area (Å²) in [6.45, 7) is 1.78. The Morgan fingerprint density at radius 3 is 2.47 bits per heavy atom. The third kappa shape index (κ3) is 3.04. The average molecular weight is 255 g/mol. The topological polar surface area (TPSA) is 60.2 Å². The Morgan fingerprint density at radius 1 is 1.16 bits per heavy atom. The molecule has 0 unspecified atom stereocenters. The van der Waals surface area contributed by atoms with E-state index in [0.29, 0.717) is 5.56 Å². The molecule has 0 aliphatic carbocycles. The molecule has 0 bridgehead atoms. The van der Waals surface area contributed by atoms with Crippen LogP contribution in [-0.2, 0) is 6.42 Å². The van der Waals surface area contributed by atoms with Gasteiger partial charge in [0.1, 0.15) is 0 Å². The molecule has 0 saturated carbocycles. The summed E-state index contributed by atoms with van der Waals surface area (Å²) in [6.07, 6.45) is 0.253. The summed E-state index contributed by atoms with van der Waals surface area (Å²) in [7, 11) is 0. The van der Waals surface area contributed by atoms with E-state index in [1.54, 1.807) is 13.0 Å². The maximum Gasteiger partial charge on any atom is 0.270 e. The lowest BCUT2D eigenvalue weighted by molar-refractivity contribution is -0.384. The second kappa shape index (κ2) is 5.44. The molecule has 0 fully saturated rings. The van der Waals surface area contributed by atoms with E-state index >= 15 is 0 Å². The normalized spacial score (nSPS) is 10.2. The summed E-state index contributed by atoms with van der Waals surface area (Å²) < 4.78 is 0. The lowest BCUT2D eigenvalue weighted by Crippen LogP contribution is -2.06. The first-order valence-electron chi connectivity index (χ1n) is 5.90. The fraction of sp³-hybridized carbons (Fsp3) is 0.133. The first kappa shape index (κ1) is 13.0. The lowest BCUT2D eigenvalue weighted by atomic mass is 9.99. The number of hydrogen-bond donors (Lipinski definition) is 0. The van der Waals surface area contributed by atoms with Crippen LogP contribution in [0.4, 0.5) is 5.69 Å². The molecule has 0 N–H and O–H groups in total. The minimum Gasteiger partial charge on any atom is -0.294 e. The molecule has 4 nitrogen and oxygen atoms in total. The van der Waals surface area contributed by atoms with Crippen molar-refractivity contribution in [3.05, 3.63) is 75.3 Å². The van der Waals surface area contributed by atoms with E-state index in [9.17, 15) is 14.9 Å². The number of nitro groups is 1. The zero-order valence-electron chi connectivity index (χ0n) is 10.5. The summed E-state index contributed by atoms with van der Waals surface area (Å²) in [5, 5.41) is 10.7. The van der Waals surface area contributed by atoms with Crippen LogP contribution in [0.2, 0.25) is 0 Å². The second-order valence-electron chi connectivity index (χ2n) is 4.34. The van der Waals surface area contributed by atoms with E-state index in [1.165, 1.54) is 12.1 Å². The number of ketones is 1. The number of non-ortho nitro benzene ring substituents is 1. The van der Waals surface area contributed by atoms with Gasteiger partial charge in [0.05, 0.1) is 4.92 Å². The van der Waals surface area contributed by atoms with E-state index in [4.69, 9.17) is 0 Å². The molecular formula is C15H13NO3. The number of Topliss-reactive ketones (excluding diaryl/α,β-unsaturated/α-hetero) is 1. The van der Waals surface area contributed by atoms with Crippen LogP contribution in [0.15, 0.2) is 48.5 Å². The number of nitro benzene ring substituents is 1. The Labute approximate surface area is 110 Å². The summed E-state index contributed by atoms with van der Waals surface area (Å²) in [5.74, 6) is -0.104. The van der Waals surface area contributed by atoms with Crippen LogP contribution in [0.25, 0.3) is 0 Å². The van der Waals surface area contributed by atoms with Crippen molar-refractivity contribution >= 4 is 11.5 Å². The number of aryl methyl sites for hydroxylation is 1. The standard InChI is InChI=1S/C15H13NO3/c1-11-7-8-13(16(18)19)10-14(11)15(17)9-12-5-3-2-4-6-12/h2-8,10H,9H2,1H3. The quantitative estimate of drug-likeness (QED) is 0.478. The molecule has 2 rings (SSSR count). The van der Waals surface area contributed by atoms with E-state index in [2.05, 4.69) is 0 Å². The first-order chi connectivity index (χ1) is 9.08. The molecule has 0 aliphatic rings. The van der Waals surface area contributed by atoms with Crippen molar-refractivity contribution in [1.82, 2.24) is 0 Å². The third-order valence-corrected chi connectivity index (χ3v) is 2.94. The minimum absolute atomic E-state index is 0.0537. The van der Waals surface area contributed by atoms with Crippen LogP contribution >= 0.6 is 0 Å². The summed E-state index contributed by atoms with van der Waals surface area (Å²) in [4.78, 5) is 22.4. The van der Waals surface area contributed by atoms with Crippen LogP contribution in [0.1, 0.15) is 21.5 Å². The molecule has 0 aromatic heterocycles. The summed E-state index contributed by atoms with van der Waals surface area (Å²) in [5.41, 5.74) is 2.02. The molecule has 0 amide bonds. The number of carbonyl (C=O) groups is 1. The minimum atomic E-state index is -0.487. The predicted molar refractivity (Wildman–Crippen MR) is 72.3 cm³/mol. The van der Waals surface area contributed by atoms with Gasteiger partial charge in [0.25, 0.3) is 5.69 Å². The molecular weight excluding hydrogens is 242 g/mol. The molecule has 2 aromatic carbocycles. The van der Waals surface area contributed by atoms with Gasteiger partial charge in [-0.25, -0.2) is 0 Å². The molecule has 96 valence electrons. The largest absolute Gasteiger partial charge is 0.294 e. The Balaban J connectivity index is 2.28. The molecule has 4 heteroatoms. The van der Waals surface area contributed by atoms with Crippen LogP contribution in [0, 0.1) is 17.0 Å². The maximum absolute atomic E-state index is 12.2. The van der Waals surface area contributed by atoms with Crippen molar-refractivity contribution in [1.29, 1.82) is 0 Å². The van der Waals surface area contributed by atoms with Gasteiger partial charge < -0.3 is 0 Å². The van der Waals surface area contributed by atoms with Gasteiger partial charge in [-0.15, -0.1) is 0 Å². The zero-order chi connectivity index (χ0) is 13.8. The maximum atomic E-state index is 12.2. The number of hydrogen-bond acceptors (Lipinski definition) is 3. The summed E-state index contributed by atoms with van der Waals surface area (Å²) >= 11 is 0. The van der Waals surface area contributed by atoms with Crippen molar-refractivity contribution in [2.24, 2.45) is 0 Å². The molecule has 2 aromatic rings. The monoisotopic (exact) mass is 255 g/mol. The number of rotatable bonds is 4. The molecule has 0 radical (unpaired) electrons. The Kier molecular flexibility index (Phi) is 3.71. The van der Waals surface area contributed by atoms with Crippen molar-refractivity contribution in [3.63, 3.8) is 0 Å².